The molecule has 0 radical (unpaired) electrons. The molecule has 1 amide bonds. The first-order valence-corrected chi connectivity index (χ1v) is 11.8. The highest BCUT2D eigenvalue weighted by molar-refractivity contribution is 7.92. The van der Waals surface area contributed by atoms with Gasteiger partial charge in [-0.25, -0.2) is 8.42 Å². The van der Waals surface area contributed by atoms with Crippen LogP contribution in [0.5, 0.6) is 5.75 Å². The van der Waals surface area contributed by atoms with Crippen LogP contribution in [0, 0.1) is 13.8 Å². The third kappa shape index (κ3) is 6.11. The Morgan fingerprint density at radius 1 is 0.938 bits per heavy atom. The SMILES string of the molecule is Cc1ccc(NS(=O)(=O)c2ccc(NC(=O)COc3ccc(C(C)C)cc3)cc2)c(C)c1. The smallest absolute Gasteiger partial charge is 0.262 e. The molecule has 6 nitrogen and oxygen atoms in total. The van der Waals surface area contributed by atoms with Gasteiger partial charge in [0, 0.05) is 5.69 Å². The molecule has 0 unspecified atom stereocenters. The van der Waals surface area contributed by atoms with Crippen molar-refractivity contribution in [3.05, 3.63) is 83.4 Å². The van der Waals surface area contributed by atoms with E-state index >= 15 is 0 Å². The fourth-order valence-corrected chi connectivity index (χ4v) is 4.27. The van der Waals surface area contributed by atoms with Crippen molar-refractivity contribution in [3.63, 3.8) is 0 Å². The summed E-state index contributed by atoms with van der Waals surface area (Å²) in [6.45, 7) is 7.88. The molecular formula is C25H28N2O4S. The van der Waals surface area contributed by atoms with Gasteiger partial charge in [-0.1, -0.05) is 43.7 Å². The molecule has 2 N–H and O–H groups in total. The summed E-state index contributed by atoms with van der Waals surface area (Å²) in [6.07, 6.45) is 0. The van der Waals surface area contributed by atoms with Crippen LogP contribution in [0.1, 0.15) is 36.5 Å². The molecule has 0 bridgehead atoms. The van der Waals surface area contributed by atoms with Gasteiger partial charge in [0.05, 0.1) is 10.6 Å². The van der Waals surface area contributed by atoms with E-state index in [0.29, 0.717) is 23.0 Å². The summed E-state index contributed by atoms with van der Waals surface area (Å²) in [4.78, 5) is 12.3. The predicted molar refractivity (Wildman–Crippen MR) is 128 cm³/mol. The van der Waals surface area contributed by atoms with Crippen LogP contribution < -0.4 is 14.8 Å². The normalized spacial score (nSPS) is 11.3. The Bertz CT molecular complexity index is 1190. The average molecular weight is 453 g/mol. The molecule has 0 saturated heterocycles. The maximum absolute atomic E-state index is 12.7. The minimum Gasteiger partial charge on any atom is -0.484 e. The number of rotatable bonds is 8. The first kappa shape index (κ1) is 23.3. The second-order valence-corrected chi connectivity index (χ2v) is 9.69. The van der Waals surface area contributed by atoms with E-state index in [2.05, 4.69) is 23.9 Å². The first-order chi connectivity index (χ1) is 15.1. The summed E-state index contributed by atoms with van der Waals surface area (Å²) in [5, 5.41) is 2.71. The van der Waals surface area contributed by atoms with Gasteiger partial charge in [0.25, 0.3) is 15.9 Å². The van der Waals surface area contributed by atoms with Crippen molar-refractivity contribution < 1.29 is 17.9 Å². The molecule has 0 aliphatic heterocycles. The summed E-state index contributed by atoms with van der Waals surface area (Å²) in [7, 11) is -3.74. The maximum atomic E-state index is 12.7. The molecular weight excluding hydrogens is 424 g/mol. The van der Waals surface area contributed by atoms with Crippen LogP contribution in [-0.2, 0) is 14.8 Å². The lowest BCUT2D eigenvalue weighted by molar-refractivity contribution is -0.118. The van der Waals surface area contributed by atoms with E-state index in [1.165, 1.54) is 17.7 Å². The zero-order valence-corrected chi connectivity index (χ0v) is 19.5. The number of benzene rings is 3. The Kier molecular flexibility index (Phi) is 7.20. The van der Waals surface area contributed by atoms with Crippen LogP contribution in [0.2, 0.25) is 0 Å². The number of aryl methyl sites for hydroxylation is 2. The van der Waals surface area contributed by atoms with Crippen LogP contribution in [0.3, 0.4) is 0 Å². The molecule has 0 atom stereocenters. The molecule has 0 aromatic heterocycles. The molecule has 7 heteroatoms. The molecule has 0 heterocycles. The van der Waals surface area contributed by atoms with Crippen LogP contribution in [0.4, 0.5) is 11.4 Å². The average Bonchev–Trinajstić information content (AvgIpc) is 2.75. The number of carbonyl (C=O) groups excluding carboxylic acids is 1. The van der Waals surface area contributed by atoms with Crippen LogP contribution in [0.25, 0.3) is 0 Å². The standard InChI is InChI=1S/C25H28N2O4S/c1-17(2)20-6-10-22(11-7-20)31-16-25(28)26-21-8-12-23(13-9-21)32(29,30)27-24-14-5-18(3)15-19(24)4/h5-15,17,27H,16H2,1-4H3,(H,26,28). The van der Waals surface area contributed by atoms with E-state index in [1.807, 2.05) is 50.2 Å². The molecule has 0 aliphatic rings. The van der Waals surface area contributed by atoms with Gasteiger partial charge in [-0.15, -0.1) is 0 Å². The summed E-state index contributed by atoms with van der Waals surface area (Å²) in [6, 6.07) is 19.1. The summed E-state index contributed by atoms with van der Waals surface area (Å²) in [5.74, 6) is 0.709. The van der Waals surface area contributed by atoms with Crippen molar-refractivity contribution >= 4 is 27.3 Å². The highest BCUT2D eigenvalue weighted by Crippen LogP contribution is 2.22. The van der Waals surface area contributed by atoms with Gasteiger partial charge in [0.15, 0.2) is 6.61 Å². The van der Waals surface area contributed by atoms with Gasteiger partial charge < -0.3 is 10.1 Å². The van der Waals surface area contributed by atoms with Gasteiger partial charge in [0.1, 0.15) is 5.75 Å². The van der Waals surface area contributed by atoms with E-state index in [0.717, 1.165) is 11.1 Å². The highest BCUT2D eigenvalue weighted by Gasteiger charge is 2.15. The Morgan fingerprint density at radius 2 is 1.59 bits per heavy atom. The number of amides is 1. The third-order valence-corrected chi connectivity index (χ3v) is 6.37. The van der Waals surface area contributed by atoms with Crippen molar-refractivity contribution in [2.45, 2.75) is 38.5 Å². The van der Waals surface area contributed by atoms with E-state index in [-0.39, 0.29) is 17.4 Å². The van der Waals surface area contributed by atoms with Gasteiger partial charge in [0.2, 0.25) is 0 Å². The molecule has 0 fully saturated rings. The second kappa shape index (κ2) is 9.87. The third-order valence-electron chi connectivity index (χ3n) is 4.99. The number of sulfonamides is 1. The maximum Gasteiger partial charge on any atom is 0.262 e. The monoisotopic (exact) mass is 452 g/mol. The Hall–Kier alpha value is -3.32. The predicted octanol–water partition coefficient (Wildman–Crippen LogP) is 5.25. The van der Waals surface area contributed by atoms with Crippen LogP contribution in [0.15, 0.2) is 71.6 Å². The van der Waals surface area contributed by atoms with Gasteiger partial charge in [-0.05, 0) is 73.4 Å². The number of hydrogen-bond donors (Lipinski definition) is 2. The number of nitrogens with one attached hydrogen (secondary N) is 2. The Morgan fingerprint density at radius 3 is 2.19 bits per heavy atom. The quantitative estimate of drug-likeness (QED) is 0.489. The molecule has 3 aromatic rings. The fourth-order valence-electron chi connectivity index (χ4n) is 3.14. The van der Waals surface area contributed by atoms with Crippen LogP contribution in [-0.4, -0.2) is 20.9 Å². The van der Waals surface area contributed by atoms with Crippen molar-refractivity contribution in [2.75, 3.05) is 16.6 Å². The molecule has 0 aliphatic carbocycles. The Labute approximate surface area is 189 Å². The number of anilines is 2. The zero-order valence-electron chi connectivity index (χ0n) is 18.7. The summed E-state index contributed by atoms with van der Waals surface area (Å²) >= 11 is 0. The molecule has 3 aromatic carbocycles. The van der Waals surface area contributed by atoms with Gasteiger partial charge in [-0.2, -0.15) is 0 Å². The number of ether oxygens (including phenoxy) is 1. The van der Waals surface area contributed by atoms with E-state index < -0.39 is 10.0 Å². The topological polar surface area (TPSA) is 84.5 Å². The molecule has 32 heavy (non-hydrogen) atoms. The van der Waals surface area contributed by atoms with Crippen molar-refractivity contribution in [2.24, 2.45) is 0 Å². The first-order valence-electron chi connectivity index (χ1n) is 10.4. The largest absolute Gasteiger partial charge is 0.484 e. The van der Waals surface area contributed by atoms with Crippen molar-refractivity contribution in [1.82, 2.24) is 0 Å². The lowest BCUT2D eigenvalue weighted by Crippen LogP contribution is -2.20. The summed E-state index contributed by atoms with van der Waals surface area (Å²) in [5.41, 5.74) is 4.12. The van der Waals surface area contributed by atoms with Gasteiger partial charge in [-0.3, -0.25) is 9.52 Å². The van der Waals surface area contributed by atoms with Gasteiger partial charge >= 0.3 is 0 Å². The van der Waals surface area contributed by atoms with Crippen molar-refractivity contribution in [1.29, 1.82) is 0 Å². The van der Waals surface area contributed by atoms with Crippen LogP contribution >= 0.6 is 0 Å². The molecule has 168 valence electrons. The number of hydrogen-bond acceptors (Lipinski definition) is 4. The highest BCUT2D eigenvalue weighted by atomic mass is 32.2. The van der Waals surface area contributed by atoms with Crippen molar-refractivity contribution in [3.8, 4) is 5.75 Å². The summed E-state index contributed by atoms with van der Waals surface area (Å²) < 4.78 is 33.5. The zero-order chi connectivity index (χ0) is 23.3. The molecule has 0 spiro atoms. The Balaban J connectivity index is 1.58. The lowest BCUT2D eigenvalue weighted by atomic mass is 10.0. The fraction of sp³-hybridized carbons (Fsp3) is 0.240. The van der Waals surface area contributed by atoms with E-state index in [1.54, 1.807) is 18.2 Å². The minimum absolute atomic E-state index is 0.108. The minimum atomic E-state index is -3.74. The number of carbonyl (C=O) groups is 1. The van der Waals surface area contributed by atoms with E-state index in [9.17, 15) is 13.2 Å². The second-order valence-electron chi connectivity index (χ2n) is 8.01. The van der Waals surface area contributed by atoms with E-state index in [4.69, 9.17) is 4.74 Å². The lowest BCUT2D eigenvalue weighted by Gasteiger charge is -2.12. The molecule has 3 rings (SSSR count). The molecule has 0 saturated carbocycles.